The Morgan fingerprint density at radius 2 is 1.62 bits per heavy atom. The average molecular weight is 422 g/mol. The molecule has 7 nitrogen and oxygen atoms in total. The van der Waals surface area contributed by atoms with Gasteiger partial charge in [0.25, 0.3) is 5.91 Å². The first kappa shape index (κ1) is 21.8. The van der Waals surface area contributed by atoms with Gasteiger partial charge in [-0.1, -0.05) is 26.7 Å². The lowest BCUT2D eigenvalue weighted by Gasteiger charge is -2.34. The third-order valence-corrected chi connectivity index (χ3v) is 8.37. The van der Waals surface area contributed by atoms with Gasteiger partial charge in [-0.05, 0) is 42.5 Å². The van der Waals surface area contributed by atoms with E-state index in [1.165, 1.54) is 29.8 Å². The van der Waals surface area contributed by atoms with E-state index in [-0.39, 0.29) is 35.8 Å². The van der Waals surface area contributed by atoms with Gasteiger partial charge in [-0.25, -0.2) is 8.42 Å². The Labute approximate surface area is 173 Å². The molecule has 1 aliphatic carbocycles. The second kappa shape index (κ2) is 8.83. The summed E-state index contributed by atoms with van der Waals surface area (Å²) >= 11 is 0. The lowest BCUT2D eigenvalue weighted by Crippen LogP contribution is -2.49. The van der Waals surface area contributed by atoms with Gasteiger partial charge in [0.15, 0.2) is 0 Å². The Morgan fingerprint density at radius 3 is 2.21 bits per heavy atom. The molecule has 29 heavy (non-hydrogen) atoms. The van der Waals surface area contributed by atoms with Gasteiger partial charge in [0.2, 0.25) is 15.9 Å². The highest BCUT2D eigenvalue weighted by Gasteiger charge is 2.30. The van der Waals surface area contributed by atoms with Gasteiger partial charge in [0.05, 0.1) is 4.90 Å². The van der Waals surface area contributed by atoms with Crippen LogP contribution in [-0.4, -0.2) is 61.7 Å². The molecular formula is C21H31N3O4S. The highest BCUT2D eigenvalue weighted by Crippen LogP contribution is 2.29. The Kier molecular flexibility index (Phi) is 6.63. The van der Waals surface area contributed by atoms with Crippen LogP contribution in [0, 0.1) is 11.8 Å². The maximum Gasteiger partial charge on any atom is 0.251 e. The van der Waals surface area contributed by atoms with Gasteiger partial charge in [0.1, 0.15) is 0 Å². The van der Waals surface area contributed by atoms with Gasteiger partial charge < -0.3 is 10.2 Å². The predicted octanol–water partition coefficient (Wildman–Crippen LogP) is 2.09. The van der Waals surface area contributed by atoms with E-state index in [9.17, 15) is 18.0 Å². The van der Waals surface area contributed by atoms with Crippen molar-refractivity contribution < 1.29 is 18.0 Å². The molecule has 2 fully saturated rings. The Morgan fingerprint density at radius 1 is 1.00 bits per heavy atom. The summed E-state index contributed by atoms with van der Waals surface area (Å²) in [6.07, 6.45) is 3.29. The number of nitrogens with one attached hydrogen (secondary N) is 1. The van der Waals surface area contributed by atoms with Crippen LogP contribution in [0.4, 0.5) is 0 Å². The first-order valence-corrected chi connectivity index (χ1v) is 11.8. The summed E-state index contributed by atoms with van der Waals surface area (Å²) in [7, 11) is -3.63. The normalized spacial score (nSPS) is 26.2. The quantitative estimate of drug-likeness (QED) is 0.807. The number of sulfonamides is 1. The van der Waals surface area contributed by atoms with E-state index in [0.29, 0.717) is 30.5 Å². The maximum atomic E-state index is 12.9. The summed E-state index contributed by atoms with van der Waals surface area (Å²) in [4.78, 5) is 25.9. The first-order chi connectivity index (χ1) is 13.7. The molecule has 0 radical (unpaired) electrons. The van der Waals surface area contributed by atoms with Gasteiger partial charge in [-0.2, -0.15) is 4.31 Å². The van der Waals surface area contributed by atoms with E-state index in [2.05, 4.69) is 19.2 Å². The van der Waals surface area contributed by atoms with Crippen LogP contribution in [0.2, 0.25) is 0 Å². The van der Waals surface area contributed by atoms with Gasteiger partial charge in [0, 0.05) is 44.7 Å². The van der Waals surface area contributed by atoms with E-state index < -0.39 is 10.0 Å². The van der Waals surface area contributed by atoms with Gasteiger partial charge >= 0.3 is 0 Å². The smallest absolute Gasteiger partial charge is 0.251 e. The average Bonchev–Trinajstić information content (AvgIpc) is 2.71. The van der Waals surface area contributed by atoms with Crippen LogP contribution in [0.1, 0.15) is 50.4 Å². The Hall–Kier alpha value is -1.93. The molecule has 1 aromatic rings. The molecule has 2 aliphatic rings. The molecule has 8 heteroatoms. The molecule has 160 valence electrons. The van der Waals surface area contributed by atoms with Crippen molar-refractivity contribution in [3.8, 4) is 0 Å². The number of hydrogen-bond acceptors (Lipinski definition) is 4. The number of amides is 2. The van der Waals surface area contributed by atoms with E-state index in [1.807, 2.05) is 0 Å². The monoisotopic (exact) mass is 421 g/mol. The molecule has 0 spiro atoms. The summed E-state index contributed by atoms with van der Waals surface area (Å²) in [5.74, 6) is 0.820. The van der Waals surface area contributed by atoms with Gasteiger partial charge in [-0.15, -0.1) is 0 Å². The van der Waals surface area contributed by atoms with Crippen LogP contribution < -0.4 is 5.32 Å². The van der Waals surface area contributed by atoms with E-state index in [0.717, 1.165) is 12.8 Å². The minimum absolute atomic E-state index is 0.0425. The molecule has 3 atom stereocenters. The number of carbonyl (C=O) groups excluding carboxylic acids is 2. The van der Waals surface area contributed by atoms with E-state index in [1.54, 1.807) is 17.0 Å². The Balaban J connectivity index is 1.65. The molecule has 3 rings (SSSR count). The van der Waals surface area contributed by atoms with Crippen molar-refractivity contribution in [3.05, 3.63) is 29.8 Å². The predicted molar refractivity (Wildman–Crippen MR) is 111 cm³/mol. The van der Waals surface area contributed by atoms with Crippen LogP contribution in [-0.2, 0) is 14.8 Å². The summed E-state index contributed by atoms with van der Waals surface area (Å²) in [5, 5.41) is 3.12. The highest BCUT2D eigenvalue weighted by molar-refractivity contribution is 7.89. The lowest BCUT2D eigenvalue weighted by molar-refractivity contribution is -0.129. The summed E-state index contributed by atoms with van der Waals surface area (Å²) in [6, 6.07) is 6.30. The molecule has 1 heterocycles. The largest absolute Gasteiger partial charge is 0.349 e. The van der Waals surface area contributed by atoms with Crippen molar-refractivity contribution >= 4 is 21.8 Å². The molecule has 2 amide bonds. The summed E-state index contributed by atoms with van der Waals surface area (Å²) < 4.78 is 27.1. The third kappa shape index (κ3) is 4.80. The Bertz CT molecular complexity index is 845. The second-order valence-corrected chi connectivity index (χ2v) is 10.2. The maximum absolute atomic E-state index is 12.9. The molecule has 1 saturated heterocycles. The van der Waals surface area contributed by atoms with Gasteiger partial charge in [-0.3, -0.25) is 9.59 Å². The SMILES string of the molecule is CC(=O)N1CCN(S(=O)(=O)c2ccc(C(=O)NC3CCCC(C)C3C)cc2)CC1. The number of hydrogen-bond donors (Lipinski definition) is 1. The van der Waals surface area contributed by atoms with Crippen LogP contribution >= 0.6 is 0 Å². The minimum atomic E-state index is -3.63. The third-order valence-electron chi connectivity index (χ3n) is 6.46. The molecule has 1 N–H and O–H groups in total. The molecule has 0 aromatic heterocycles. The molecule has 1 saturated carbocycles. The molecule has 1 aromatic carbocycles. The number of piperazine rings is 1. The fourth-order valence-corrected chi connectivity index (χ4v) is 5.63. The van der Waals surface area contributed by atoms with Crippen molar-refractivity contribution in [2.24, 2.45) is 11.8 Å². The molecule has 0 bridgehead atoms. The second-order valence-electron chi connectivity index (χ2n) is 8.28. The van der Waals surface area contributed by atoms with Crippen molar-refractivity contribution in [3.63, 3.8) is 0 Å². The summed E-state index contributed by atoms with van der Waals surface area (Å²) in [5.41, 5.74) is 0.468. The van der Waals surface area contributed by atoms with E-state index >= 15 is 0 Å². The fraction of sp³-hybridized carbons (Fsp3) is 0.619. The number of rotatable bonds is 4. The summed E-state index contributed by atoms with van der Waals surface area (Å²) in [6.45, 7) is 7.24. The molecule has 1 aliphatic heterocycles. The van der Waals surface area contributed by atoms with Crippen molar-refractivity contribution in [1.82, 2.24) is 14.5 Å². The van der Waals surface area contributed by atoms with Crippen LogP contribution in [0.25, 0.3) is 0 Å². The number of carbonyl (C=O) groups is 2. The zero-order valence-corrected chi connectivity index (χ0v) is 18.2. The highest BCUT2D eigenvalue weighted by atomic mass is 32.2. The topological polar surface area (TPSA) is 86.8 Å². The molecule has 3 unspecified atom stereocenters. The van der Waals surface area contributed by atoms with Crippen molar-refractivity contribution in [2.75, 3.05) is 26.2 Å². The standard InChI is InChI=1S/C21H31N3O4S/c1-15-5-4-6-20(16(15)2)22-21(26)18-7-9-19(10-8-18)29(27,28)24-13-11-23(12-14-24)17(3)25/h7-10,15-16,20H,4-6,11-14H2,1-3H3,(H,22,26). The van der Waals surface area contributed by atoms with Crippen molar-refractivity contribution in [1.29, 1.82) is 0 Å². The molecular weight excluding hydrogens is 390 g/mol. The zero-order chi connectivity index (χ0) is 21.2. The fourth-order valence-electron chi connectivity index (χ4n) is 4.21. The van der Waals surface area contributed by atoms with E-state index in [4.69, 9.17) is 0 Å². The number of benzene rings is 1. The lowest BCUT2D eigenvalue weighted by atomic mass is 9.78. The minimum Gasteiger partial charge on any atom is -0.349 e. The van der Waals surface area contributed by atoms with Crippen molar-refractivity contribution in [2.45, 2.75) is 51.0 Å². The van der Waals surface area contributed by atoms with Crippen LogP contribution in [0.3, 0.4) is 0 Å². The first-order valence-electron chi connectivity index (χ1n) is 10.4. The number of nitrogens with zero attached hydrogens (tertiary/aromatic N) is 2. The van der Waals surface area contributed by atoms with Crippen LogP contribution in [0.15, 0.2) is 29.2 Å². The zero-order valence-electron chi connectivity index (χ0n) is 17.4. The van der Waals surface area contributed by atoms with Crippen LogP contribution in [0.5, 0.6) is 0 Å².